The van der Waals surface area contributed by atoms with Gasteiger partial charge in [0, 0.05) is 19.0 Å². The maximum absolute atomic E-state index is 12.4. The van der Waals surface area contributed by atoms with Crippen molar-refractivity contribution in [2.24, 2.45) is 0 Å². The Morgan fingerprint density at radius 1 is 1.04 bits per heavy atom. The lowest BCUT2D eigenvalue weighted by molar-refractivity contribution is -0.126. The summed E-state index contributed by atoms with van der Waals surface area (Å²) >= 11 is 0. The molecule has 0 aromatic heterocycles. The summed E-state index contributed by atoms with van der Waals surface area (Å²) in [5, 5.41) is 0. The van der Waals surface area contributed by atoms with Crippen LogP contribution in [0.3, 0.4) is 0 Å². The van der Waals surface area contributed by atoms with Crippen molar-refractivity contribution in [3.63, 3.8) is 0 Å². The number of para-hydroxylation sites is 1. The van der Waals surface area contributed by atoms with E-state index in [-0.39, 0.29) is 17.2 Å². The Morgan fingerprint density at radius 2 is 1.62 bits per heavy atom. The van der Waals surface area contributed by atoms with Crippen molar-refractivity contribution in [3.8, 4) is 0 Å². The molecule has 0 aliphatic carbocycles. The number of anilines is 1. The molecule has 7 heteroatoms. The van der Waals surface area contributed by atoms with Crippen molar-refractivity contribution in [2.75, 3.05) is 18.2 Å². The van der Waals surface area contributed by atoms with Gasteiger partial charge in [-0.05, 0) is 36.8 Å². The standard InChI is InChI=1S/C19H21NO5S/c1-14(18(21)20(2)17-7-5-4-6-8-17)25-19(22)16-11-9-15(10-12-16)13-26(3,23)24/h4-12,14H,13H2,1-3H3/t14-/m0/s1. The number of ether oxygens (including phenoxy) is 1. The number of benzene rings is 2. The smallest absolute Gasteiger partial charge is 0.338 e. The van der Waals surface area contributed by atoms with Crippen LogP contribution in [0.25, 0.3) is 0 Å². The molecule has 1 atom stereocenters. The molecule has 0 spiro atoms. The van der Waals surface area contributed by atoms with Crippen LogP contribution in [0.4, 0.5) is 5.69 Å². The summed E-state index contributed by atoms with van der Waals surface area (Å²) in [6, 6.07) is 15.1. The molecule has 0 aliphatic rings. The lowest BCUT2D eigenvalue weighted by atomic mass is 10.1. The predicted octanol–water partition coefficient (Wildman–Crippen LogP) is 2.44. The number of amides is 1. The Hall–Kier alpha value is -2.67. The van der Waals surface area contributed by atoms with E-state index in [0.29, 0.717) is 11.3 Å². The van der Waals surface area contributed by atoms with Crippen molar-refractivity contribution in [3.05, 3.63) is 65.7 Å². The first-order valence-corrected chi connectivity index (χ1v) is 10.0. The number of carbonyl (C=O) groups excluding carboxylic acids is 2. The van der Waals surface area contributed by atoms with Gasteiger partial charge in [-0.2, -0.15) is 0 Å². The third-order valence-corrected chi connectivity index (χ3v) is 4.58. The number of hydrogen-bond donors (Lipinski definition) is 0. The van der Waals surface area contributed by atoms with Crippen LogP contribution in [0.5, 0.6) is 0 Å². The highest BCUT2D eigenvalue weighted by Crippen LogP contribution is 2.15. The van der Waals surface area contributed by atoms with Gasteiger partial charge in [0.2, 0.25) is 0 Å². The lowest BCUT2D eigenvalue weighted by Gasteiger charge is -2.21. The van der Waals surface area contributed by atoms with Crippen LogP contribution in [0.2, 0.25) is 0 Å². The minimum absolute atomic E-state index is 0.0981. The molecule has 26 heavy (non-hydrogen) atoms. The van der Waals surface area contributed by atoms with Crippen molar-refractivity contribution < 1.29 is 22.7 Å². The fourth-order valence-corrected chi connectivity index (χ4v) is 3.17. The molecule has 2 aromatic rings. The highest BCUT2D eigenvalue weighted by atomic mass is 32.2. The van der Waals surface area contributed by atoms with Gasteiger partial charge in [0.05, 0.1) is 11.3 Å². The average molecular weight is 375 g/mol. The van der Waals surface area contributed by atoms with Crippen LogP contribution in [0, 0.1) is 0 Å². The van der Waals surface area contributed by atoms with E-state index in [1.807, 2.05) is 18.2 Å². The molecule has 0 unspecified atom stereocenters. The van der Waals surface area contributed by atoms with Crippen molar-refractivity contribution >= 4 is 27.4 Å². The SMILES string of the molecule is C[C@H](OC(=O)c1ccc(CS(C)(=O)=O)cc1)C(=O)N(C)c1ccccc1. The van der Waals surface area contributed by atoms with E-state index < -0.39 is 21.9 Å². The largest absolute Gasteiger partial charge is 0.449 e. The molecular formula is C19H21NO5S. The van der Waals surface area contributed by atoms with E-state index in [1.54, 1.807) is 31.3 Å². The summed E-state index contributed by atoms with van der Waals surface area (Å²) in [5.41, 5.74) is 1.53. The molecule has 0 N–H and O–H groups in total. The average Bonchev–Trinajstić information content (AvgIpc) is 2.60. The Morgan fingerprint density at radius 3 is 2.15 bits per heavy atom. The second-order valence-corrected chi connectivity index (χ2v) is 8.19. The predicted molar refractivity (Wildman–Crippen MR) is 99.7 cm³/mol. The van der Waals surface area contributed by atoms with E-state index in [0.717, 1.165) is 6.26 Å². The summed E-state index contributed by atoms with van der Waals surface area (Å²) in [5.74, 6) is -1.09. The summed E-state index contributed by atoms with van der Waals surface area (Å²) in [7, 11) is -1.53. The quantitative estimate of drug-likeness (QED) is 0.725. The van der Waals surface area contributed by atoms with Crippen LogP contribution < -0.4 is 4.90 Å². The number of esters is 1. The van der Waals surface area contributed by atoms with Crippen molar-refractivity contribution in [1.29, 1.82) is 0 Å². The summed E-state index contributed by atoms with van der Waals surface area (Å²) in [6.45, 7) is 1.51. The maximum Gasteiger partial charge on any atom is 0.338 e. The molecule has 2 rings (SSSR count). The molecule has 0 fully saturated rings. The van der Waals surface area contributed by atoms with Gasteiger partial charge in [0.25, 0.3) is 5.91 Å². The van der Waals surface area contributed by atoms with Gasteiger partial charge in [0.1, 0.15) is 0 Å². The second kappa shape index (κ2) is 8.14. The highest BCUT2D eigenvalue weighted by Gasteiger charge is 2.23. The number of carbonyl (C=O) groups is 2. The first-order chi connectivity index (χ1) is 12.2. The van der Waals surface area contributed by atoms with Crippen LogP contribution >= 0.6 is 0 Å². The molecule has 0 aliphatic heterocycles. The summed E-state index contributed by atoms with van der Waals surface area (Å²) in [4.78, 5) is 26.0. The van der Waals surface area contributed by atoms with E-state index >= 15 is 0 Å². The number of nitrogens with zero attached hydrogens (tertiary/aromatic N) is 1. The molecule has 138 valence electrons. The molecule has 2 aromatic carbocycles. The number of hydrogen-bond acceptors (Lipinski definition) is 5. The van der Waals surface area contributed by atoms with Crippen LogP contribution in [-0.4, -0.2) is 39.7 Å². The molecule has 6 nitrogen and oxygen atoms in total. The van der Waals surface area contributed by atoms with Crippen molar-refractivity contribution in [1.82, 2.24) is 0 Å². The number of likely N-dealkylation sites (N-methyl/N-ethyl adjacent to an activating group) is 1. The van der Waals surface area contributed by atoms with E-state index in [9.17, 15) is 18.0 Å². The zero-order valence-electron chi connectivity index (χ0n) is 14.9. The second-order valence-electron chi connectivity index (χ2n) is 6.05. The fraction of sp³-hybridized carbons (Fsp3) is 0.263. The van der Waals surface area contributed by atoms with E-state index in [1.165, 1.54) is 24.0 Å². The third-order valence-electron chi connectivity index (χ3n) is 3.72. The normalized spacial score (nSPS) is 12.3. The molecule has 0 heterocycles. The third kappa shape index (κ3) is 5.42. The van der Waals surface area contributed by atoms with Gasteiger partial charge < -0.3 is 9.64 Å². The number of rotatable bonds is 6. The Kier molecular flexibility index (Phi) is 6.15. The molecule has 0 saturated heterocycles. The summed E-state index contributed by atoms with van der Waals surface area (Å²) < 4.78 is 27.8. The van der Waals surface area contributed by atoms with Gasteiger partial charge in [-0.1, -0.05) is 30.3 Å². The molecule has 0 bridgehead atoms. The van der Waals surface area contributed by atoms with Gasteiger partial charge >= 0.3 is 5.97 Å². The Labute approximate surface area is 153 Å². The topological polar surface area (TPSA) is 80.8 Å². The van der Waals surface area contributed by atoms with Gasteiger partial charge in [0.15, 0.2) is 15.9 Å². The highest BCUT2D eigenvalue weighted by molar-refractivity contribution is 7.89. The van der Waals surface area contributed by atoms with Gasteiger partial charge in [-0.15, -0.1) is 0 Å². The summed E-state index contributed by atoms with van der Waals surface area (Å²) in [6.07, 6.45) is 0.189. The van der Waals surface area contributed by atoms with E-state index in [2.05, 4.69) is 0 Å². The van der Waals surface area contributed by atoms with Crippen LogP contribution in [0.15, 0.2) is 54.6 Å². The molecular weight excluding hydrogens is 354 g/mol. The zero-order valence-corrected chi connectivity index (χ0v) is 15.7. The fourth-order valence-electron chi connectivity index (χ4n) is 2.37. The monoisotopic (exact) mass is 375 g/mol. The first-order valence-electron chi connectivity index (χ1n) is 7.97. The minimum atomic E-state index is -3.14. The Balaban J connectivity index is 2.01. The molecule has 0 saturated carbocycles. The maximum atomic E-state index is 12.4. The van der Waals surface area contributed by atoms with Gasteiger partial charge in [-0.25, -0.2) is 13.2 Å². The van der Waals surface area contributed by atoms with Crippen molar-refractivity contribution in [2.45, 2.75) is 18.8 Å². The van der Waals surface area contributed by atoms with Crippen LogP contribution in [-0.2, 0) is 25.1 Å². The van der Waals surface area contributed by atoms with Crippen LogP contribution in [0.1, 0.15) is 22.8 Å². The molecule has 1 amide bonds. The first kappa shape index (κ1) is 19.7. The van der Waals surface area contributed by atoms with Gasteiger partial charge in [-0.3, -0.25) is 4.79 Å². The van der Waals surface area contributed by atoms with E-state index in [4.69, 9.17) is 4.74 Å². The Bertz CT molecular complexity index is 876. The lowest BCUT2D eigenvalue weighted by Crippen LogP contribution is -2.37. The minimum Gasteiger partial charge on any atom is -0.449 e. The zero-order chi connectivity index (χ0) is 19.3. The number of sulfone groups is 1. The molecule has 0 radical (unpaired) electrons.